The molecule has 0 fully saturated rings. The average Bonchev–Trinajstić information content (AvgIpc) is 3.11. The van der Waals surface area contributed by atoms with Crippen LogP contribution in [0.4, 0.5) is 5.82 Å². The molecule has 1 N–H and O–H groups in total. The van der Waals surface area contributed by atoms with Gasteiger partial charge in [-0.3, -0.25) is 4.68 Å². The highest BCUT2D eigenvalue weighted by Gasteiger charge is 2.17. The number of aryl methyl sites for hydroxylation is 3. The Morgan fingerprint density at radius 2 is 1.96 bits per heavy atom. The van der Waals surface area contributed by atoms with Gasteiger partial charge in [-0.15, -0.1) is 11.3 Å². The normalized spacial score (nSPS) is 11.4. The molecule has 6 heteroatoms. The minimum Gasteiger partial charge on any atom is -0.497 e. The van der Waals surface area contributed by atoms with Gasteiger partial charge in [0.25, 0.3) is 0 Å². The maximum Gasteiger partial charge on any atom is 0.166 e. The monoisotopic (exact) mass is 352 g/mol. The van der Waals surface area contributed by atoms with Crippen LogP contribution in [0.1, 0.15) is 16.8 Å². The number of hydrogen-bond donors (Lipinski definition) is 1. The molecule has 0 bridgehead atoms. The SMILES string of the molecule is COc1ccc(CNc2nn(C)c3c2sc2nc(C)cc(C)c23)cc1. The van der Waals surface area contributed by atoms with Gasteiger partial charge in [-0.25, -0.2) is 4.98 Å². The van der Waals surface area contributed by atoms with Gasteiger partial charge >= 0.3 is 0 Å². The summed E-state index contributed by atoms with van der Waals surface area (Å²) in [6, 6.07) is 10.2. The van der Waals surface area contributed by atoms with Gasteiger partial charge in [-0.2, -0.15) is 5.10 Å². The molecule has 0 aliphatic heterocycles. The van der Waals surface area contributed by atoms with Gasteiger partial charge in [0.1, 0.15) is 10.6 Å². The fourth-order valence-corrected chi connectivity index (χ4v) is 4.47. The third kappa shape index (κ3) is 2.72. The Morgan fingerprint density at radius 1 is 1.20 bits per heavy atom. The second-order valence-corrected chi connectivity index (χ2v) is 7.21. The Hall–Kier alpha value is -2.60. The lowest BCUT2D eigenvalue weighted by Gasteiger charge is -2.05. The van der Waals surface area contributed by atoms with E-state index in [4.69, 9.17) is 9.72 Å². The van der Waals surface area contributed by atoms with Crippen LogP contribution in [0.25, 0.3) is 20.4 Å². The van der Waals surface area contributed by atoms with E-state index in [0.29, 0.717) is 0 Å². The minimum atomic E-state index is 0.718. The summed E-state index contributed by atoms with van der Waals surface area (Å²) in [6.45, 7) is 4.90. The van der Waals surface area contributed by atoms with Crippen molar-refractivity contribution < 1.29 is 4.74 Å². The number of nitrogens with zero attached hydrogens (tertiary/aromatic N) is 3. The smallest absolute Gasteiger partial charge is 0.166 e. The molecule has 0 saturated carbocycles. The molecule has 0 atom stereocenters. The second kappa shape index (κ2) is 6.04. The number of pyridine rings is 1. The number of thiophene rings is 1. The number of rotatable bonds is 4. The van der Waals surface area contributed by atoms with Crippen LogP contribution < -0.4 is 10.1 Å². The molecule has 5 nitrogen and oxygen atoms in total. The van der Waals surface area contributed by atoms with Gasteiger partial charge in [-0.05, 0) is 43.2 Å². The van der Waals surface area contributed by atoms with Gasteiger partial charge in [-0.1, -0.05) is 12.1 Å². The van der Waals surface area contributed by atoms with Crippen LogP contribution in [0.15, 0.2) is 30.3 Å². The molecule has 0 aliphatic carbocycles. The Balaban J connectivity index is 1.71. The first kappa shape index (κ1) is 15.9. The summed E-state index contributed by atoms with van der Waals surface area (Å²) < 4.78 is 8.32. The van der Waals surface area contributed by atoms with Gasteiger partial charge in [0.15, 0.2) is 5.82 Å². The summed E-state index contributed by atoms with van der Waals surface area (Å²) in [5, 5.41) is 9.35. The number of anilines is 1. The lowest BCUT2D eigenvalue weighted by atomic mass is 10.1. The van der Waals surface area contributed by atoms with E-state index in [-0.39, 0.29) is 0 Å². The zero-order valence-electron chi connectivity index (χ0n) is 14.8. The molecule has 0 amide bonds. The first-order valence-corrected chi connectivity index (χ1v) is 8.98. The molecular formula is C19H20N4OS. The summed E-state index contributed by atoms with van der Waals surface area (Å²) in [7, 11) is 3.67. The lowest BCUT2D eigenvalue weighted by Crippen LogP contribution is -2.01. The van der Waals surface area contributed by atoms with E-state index < -0.39 is 0 Å². The van der Waals surface area contributed by atoms with E-state index in [9.17, 15) is 0 Å². The molecule has 4 aromatic rings. The van der Waals surface area contributed by atoms with E-state index in [1.54, 1.807) is 18.4 Å². The number of fused-ring (bicyclic) bond motifs is 3. The standard InChI is InChI=1S/C19H20N4OS/c1-11-9-12(2)21-19-15(11)16-17(25-19)18(22-23(16)3)20-10-13-5-7-14(24-4)8-6-13/h5-9H,10H2,1-4H3,(H,20,22). The molecule has 0 saturated heterocycles. The quantitative estimate of drug-likeness (QED) is 0.591. The average molecular weight is 352 g/mol. The third-order valence-electron chi connectivity index (χ3n) is 4.37. The van der Waals surface area contributed by atoms with Crippen LogP contribution >= 0.6 is 11.3 Å². The summed E-state index contributed by atoms with van der Waals surface area (Å²) in [5.41, 5.74) is 4.64. The Bertz CT molecular complexity index is 1060. The van der Waals surface area contributed by atoms with Crippen LogP contribution in [0, 0.1) is 13.8 Å². The van der Waals surface area contributed by atoms with E-state index in [1.807, 2.05) is 30.8 Å². The summed E-state index contributed by atoms with van der Waals surface area (Å²) in [4.78, 5) is 5.78. The molecule has 0 spiro atoms. The van der Waals surface area contributed by atoms with Crippen molar-refractivity contribution >= 4 is 37.6 Å². The van der Waals surface area contributed by atoms with Crippen LogP contribution in [-0.4, -0.2) is 21.9 Å². The summed E-state index contributed by atoms with van der Waals surface area (Å²) in [6.07, 6.45) is 0. The fraction of sp³-hybridized carbons (Fsp3) is 0.263. The topological polar surface area (TPSA) is 52.0 Å². The number of methoxy groups -OCH3 is 1. The summed E-state index contributed by atoms with van der Waals surface area (Å²) in [5.74, 6) is 1.78. The first-order valence-electron chi connectivity index (χ1n) is 8.17. The van der Waals surface area contributed by atoms with Crippen molar-refractivity contribution in [3.8, 4) is 5.75 Å². The van der Waals surface area contributed by atoms with Crippen LogP contribution in [-0.2, 0) is 13.6 Å². The zero-order valence-corrected chi connectivity index (χ0v) is 15.6. The molecular weight excluding hydrogens is 332 g/mol. The largest absolute Gasteiger partial charge is 0.497 e. The molecule has 3 heterocycles. The molecule has 0 unspecified atom stereocenters. The molecule has 0 radical (unpaired) electrons. The predicted molar refractivity (Wildman–Crippen MR) is 104 cm³/mol. The van der Waals surface area contributed by atoms with Gasteiger partial charge in [0.2, 0.25) is 0 Å². The lowest BCUT2D eigenvalue weighted by molar-refractivity contribution is 0.414. The van der Waals surface area contributed by atoms with Gasteiger partial charge in [0.05, 0.1) is 17.3 Å². The predicted octanol–water partition coefficient (Wildman–Crippen LogP) is 4.42. The molecule has 4 rings (SSSR count). The van der Waals surface area contributed by atoms with Crippen molar-refractivity contribution in [2.75, 3.05) is 12.4 Å². The van der Waals surface area contributed by atoms with Crippen LogP contribution in [0.5, 0.6) is 5.75 Å². The minimum absolute atomic E-state index is 0.718. The number of benzene rings is 1. The highest BCUT2D eigenvalue weighted by atomic mass is 32.1. The van der Waals surface area contributed by atoms with Crippen molar-refractivity contribution in [2.24, 2.45) is 7.05 Å². The van der Waals surface area contributed by atoms with Crippen molar-refractivity contribution in [1.29, 1.82) is 0 Å². The second-order valence-electron chi connectivity index (χ2n) is 6.21. The van der Waals surface area contributed by atoms with Crippen LogP contribution in [0.2, 0.25) is 0 Å². The molecule has 3 aromatic heterocycles. The van der Waals surface area contributed by atoms with E-state index in [0.717, 1.165) is 38.9 Å². The molecule has 25 heavy (non-hydrogen) atoms. The first-order chi connectivity index (χ1) is 12.1. The number of ether oxygens (including phenoxy) is 1. The fourth-order valence-electron chi connectivity index (χ4n) is 3.18. The number of aromatic nitrogens is 3. The van der Waals surface area contributed by atoms with Crippen molar-refractivity contribution in [2.45, 2.75) is 20.4 Å². The molecule has 1 aromatic carbocycles. The number of hydrogen-bond acceptors (Lipinski definition) is 5. The summed E-state index contributed by atoms with van der Waals surface area (Å²) >= 11 is 1.70. The van der Waals surface area contributed by atoms with Gasteiger partial charge < -0.3 is 10.1 Å². The van der Waals surface area contributed by atoms with Crippen LogP contribution in [0.3, 0.4) is 0 Å². The van der Waals surface area contributed by atoms with E-state index >= 15 is 0 Å². The third-order valence-corrected chi connectivity index (χ3v) is 5.45. The van der Waals surface area contributed by atoms with E-state index in [2.05, 4.69) is 35.5 Å². The van der Waals surface area contributed by atoms with Gasteiger partial charge in [0, 0.05) is 24.7 Å². The highest BCUT2D eigenvalue weighted by Crippen LogP contribution is 2.38. The van der Waals surface area contributed by atoms with Crippen molar-refractivity contribution in [1.82, 2.24) is 14.8 Å². The Morgan fingerprint density at radius 3 is 2.68 bits per heavy atom. The molecule has 0 aliphatic rings. The Labute approximate surface area is 150 Å². The Kier molecular flexibility index (Phi) is 3.84. The van der Waals surface area contributed by atoms with Crippen molar-refractivity contribution in [3.05, 3.63) is 47.2 Å². The number of nitrogens with one attached hydrogen (secondary N) is 1. The maximum atomic E-state index is 5.21. The maximum absolute atomic E-state index is 5.21. The molecule has 128 valence electrons. The van der Waals surface area contributed by atoms with Crippen molar-refractivity contribution in [3.63, 3.8) is 0 Å². The van der Waals surface area contributed by atoms with E-state index in [1.165, 1.54) is 16.5 Å². The highest BCUT2D eigenvalue weighted by molar-refractivity contribution is 7.26. The zero-order chi connectivity index (χ0) is 17.6.